The quantitative estimate of drug-likeness (QED) is 0.387. The van der Waals surface area contributed by atoms with Gasteiger partial charge in [-0.25, -0.2) is 0 Å². The summed E-state index contributed by atoms with van der Waals surface area (Å²) in [5.41, 5.74) is 4.79. The first-order valence-electron chi connectivity index (χ1n) is 6.25. The number of rotatable bonds is 3. The average Bonchev–Trinajstić information content (AvgIpc) is 2.46. The molecule has 0 amide bonds. The topological polar surface area (TPSA) is 102 Å². The van der Waals surface area contributed by atoms with Crippen molar-refractivity contribution >= 4 is 5.84 Å². The number of hydrogen-bond acceptors (Lipinski definition) is 4. The molecule has 2 rings (SSSR count). The summed E-state index contributed by atoms with van der Waals surface area (Å²) in [7, 11) is 0. The third kappa shape index (κ3) is 2.60. The second kappa shape index (κ2) is 5.66. The lowest BCUT2D eigenvalue weighted by Gasteiger charge is -2.11. The molecule has 4 N–H and O–H groups in total. The zero-order chi connectivity index (χ0) is 14.7. The molecule has 6 heteroatoms. The van der Waals surface area contributed by atoms with E-state index in [1.165, 1.54) is 0 Å². The molecule has 2 aromatic rings. The molecule has 0 aromatic carbocycles. The maximum Gasteiger partial charge on any atom is 0.259 e. The largest absolute Gasteiger partial charge is 0.325 e. The number of amidine groups is 1. The highest BCUT2D eigenvalue weighted by Crippen LogP contribution is 2.23. The minimum absolute atomic E-state index is 0.0918. The minimum Gasteiger partial charge on any atom is -0.325 e. The van der Waals surface area contributed by atoms with Crippen molar-refractivity contribution < 1.29 is 5.21 Å². The number of hydroxylamine groups is 1. The van der Waals surface area contributed by atoms with Gasteiger partial charge in [0.2, 0.25) is 0 Å². The van der Waals surface area contributed by atoms with Gasteiger partial charge in [-0.1, -0.05) is 6.92 Å². The third-order valence-electron chi connectivity index (χ3n) is 3.07. The van der Waals surface area contributed by atoms with E-state index in [-0.39, 0.29) is 11.4 Å². The van der Waals surface area contributed by atoms with Crippen molar-refractivity contribution in [2.75, 3.05) is 0 Å². The molecule has 0 radical (unpaired) electrons. The molecule has 104 valence electrons. The zero-order valence-corrected chi connectivity index (χ0v) is 11.3. The second-order valence-electron chi connectivity index (χ2n) is 4.43. The number of aryl methyl sites for hydroxylation is 2. The Bertz CT molecular complexity index is 707. The van der Waals surface area contributed by atoms with Crippen LogP contribution < -0.4 is 11.0 Å². The predicted octanol–water partition coefficient (Wildman–Crippen LogP) is 1.61. The summed E-state index contributed by atoms with van der Waals surface area (Å²) in [5.74, 6) is -0.332. The van der Waals surface area contributed by atoms with Crippen LogP contribution in [0.25, 0.3) is 11.1 Å². The molecule has 20 heavy (non-hydrogen) atoms. The fourth-order valence-electron chi connectivity index (χ4n) is 2.06. The molecular formula is C14H16N4O2. The van der Waals surface area contributed by atoms with Crippen molar-refractivity contribution in [1.82, 2.24) is 15.4 Å². The molecule has 2 aromatic heterocycles. The van der Waals surface area contributed by atoms with Gasteiger partial charge in [-0.3, -0.25) is 25.9 Å². The average molecular weight is 272 g/mol. The second-order valence-corrected chi connectivity index (χ2v) is 4.43. The molecule has 0 atom stereocenters. The van der Waals surface area contributed by atoms with E-state index in [0.717, 1.165) is 22.5 Å². The van der Waals surface area contributed by atoms with Crippen molar-refractivity contribution in [3.8, 4) is 11.1 Å². The standard InChI is InChI=1S/C14H16N4O2/c1-3-12-10(9-4-5-16-8(2)6-9)7-11(13(15)18-20)14(19)17-12/h4-7,20H,3H2,1-2H3,(H2,15,18)(H,17,19). The van der Waals surface area contributed by atoms with Crippen LogP contribution in [0.4, 0.5) is 0 Å². The van der Waals surface area contributed by atoms with Crippen LogP contribution in [0.2, 0.25) is 0 Å². The first-order valence-corrected chi connectivity index (χ1v) is 6.25. The molecule has 6 nitrogen and oxygen atoms in total. The summed E-state index contributed by atoms with van der Waals surface area (Å²) in [6.07, 6.45) is 2.36. The fourth-order valence-corrected chi connectivity index (χ4v) is 2.06. The van der Waals surface area contributed by atoms with E-state index in [2.05, 4.69) is 9.97 Å². The normalized spacial score (nSPS) is 10.3. The highest BCUT2D eigenvalue weighted by molar-refractivity contribution is 5.96. The van der Waals surface area contributed by atoms with Gasteiger partial charge in [0.05, 0.1) is 5.56 Å². The summed E-state index contributed by atoms with van der Waals surface area (Å²) in [6, 6.07) is 5.37. The molecule has 0 spiro atoms. The van der Waals surface area contributed by atoms with Gasteiger partial charge < -0.3 is 4.98 Å². The monoisotopic (exact) mass is 272 g/mol. The molecule has 0 aliphatic heterocycles. The van der Waals surface area contributed by atoms with Crippen LogP contribution in [0, 0.1) is 12.3 Å². The van der Waals surface area contributed by atoms with E-state index >= 15 is 0 Å². The first kappa shape index (κ1) is 14.0. The van der Waals surface area contributed by atoms with Crippen LogP contribution in [0.15, 0.2) is 29.2 Å². The van der Waals surface area contributed by atoms with Crippen molar-refractivity contribution in [3.05, 3.63) is 51.7 Å². The number of nitrogens with zero attached hydrogens (tertiary/aromatic N) is 1. The Hall–Kier alpha value is -2.47. The van der Waals surface area contributed by atoms with Gasteiger partial charge in [-0.15, -0.1) is 0 Å². The Morgan fingerprint density at radius 3 is 2.85 bits per heavy atom. The van der Waals surface area contributed by atoms with Crippen molar-refractivity contribution in [3.63, 3.8) is 0 Å². The SMILES string of the molecule is CCc1[nH]c(=O)c(C(=N)NO)cc1-c1ccnc(C)c1. The Labute approximate surface area is 116 Å². The Kier molecular flexibility index (Phi) is 3.95. The highest BCUT2D eigenvalue weighted by Gasteiger charge is 2.12. The predicted molar refractivity (Wildman–Crippen MR) is 76.2 cm³/mol. The molecule has 0 bridgehead atoms. The smallest absolute Gasteiger partial charge is 0.259 e. The van der Waals surface area contributed by atoms with Gasteiger partial charge in [0.15, 0.2) is 5.84 Å². The molecular weight excluding hydrogens is 256 g/mol. The lowest BCUT2D eigenvalue weighted by atomic mass is 10.0. The van der Waals surface area contributed by atoms with E-state index in [1.54, 1.807) is 17.7 Å². The summed E-state index contributed by atoms with van der Waals surface area (Å²) in [5, 5.41) is 16.4. The Balaban J connectivity index is 2.67. The number of H-pyrrole nitrogens is 1. The van der Waals surface area contributed by atoms with Gasteiger partial charge in [0, 0.05) is 23.1 Å². The molecule has 0 saturated heterocycles. The Morgan fingerprint density at radius 2 is 2.25 bits per heavy atom. The highest BCUT2D eigenvalue weighted by atomic mass is 16.5. The van der Waals surface area contributed by atoms with E-state index in [9.17, 15) is 4.79 Å². The van der Waals surface area contributed by atoms with Crippen LogP contribution in [-0.4, -0.2) is 21.0 Å². The van der Waals surface area contributed by atoms with Crippen LogP contribution in [0.5, 0.6) is 0 Å². The number of pyridine rings is 2. The van der Waals surface area contributed by atoms with E-state index in [0.29, 0.717) is 6.42 Å². The zero-order valence-electron chi connectivity index (χ0n) is 11.3. The van der Waals surface area contributed by atoms with Gasteiger partial charge in [0.25, 0.3) is 5.56 Å². The summed E-state index contributed by atoms with van der Waals surface area (Å²) in [4.78, 5) is 18.8. The molecule has 2 heterocycles. The number of hydrogen-bond donors (Lipinski definition) is 4. The first-order chi connectivity index (χ1) is 9.56. The summed E-state index contributed by atoms with van der Waals surface area (Å²) in [6.45, 7) is 3.83. The van der Waals surface area contributed by atoms with Crippen LogP contribution in [-0.2, 0) is 6.42 Å². The molecule has 0 aliphatic rings. The van der Waals surface area contributed by atoms with E-state index < -0.39 is 5.56 Å². The maximum atomic E-state index is 11.9. The molecule has 0 saturated carbocycles. The lowest BCUT2D eigenvalue weighted by molar-refractivity contribution is 0.234. The molecule has 0 fully saturated rings. The number of nitrogens with one attached hydrogen (secondary N) is 3. The number of aromatic nitrogens is 2. The van der Waals surface area contributed by atoms with Gasteiger partial charge in [-0.05, 0) is 37.1 Å². The van der Waals surface area contributed by atoms with Crippen molar-refractivity contribution in [2.45, 2.75) is 20.3 Å². The van der Waals surface area contributed by atoms with Crippen LogP contribution in [0.1, 0.15) is 23.9 Å². The van der Waals surface area contributed by atoms with Gasteiger partial charge in [0.1, 0.15) is 0 Å². The van der Waals surface area contributed by atoms with Gasteiger partial charge >= 0.3 is 0 Å². The molecule has 0 unspecified atom stereocenters. The maximum absolute atomic E-state index is 11.9. The van der Waals surface area contributed by atoms with E-state index in [1.807, 2.05) is 26.0 Å². The van der Waals surface area contributed by atoms with Gasteiger partial charge in [-0.2, -0.15) is 0 Å². The summed E-state index contributed by atoms with van der Waals surface area (Å²) < 4.78 is 0. The fraction of sp³-hybridized carbons (Fsp3) is 0.214. The minimum atomic E-state index is -0.400. The van der Waals surface area contributed by atoms with Crippen molar-refractivity contribution in [2.24, 2.45) is 0 Å². The van der Waals surface area contributed by atoms with Crippen LogP contribution in [0.3, 0.4) is 0 Å². The number of aromatic amines is 1. The summed E-state index contributed by atoms with van der Waals surface area (Å²) >= 11 is 0. The lowest BCUT2D eigenvalue weighted by Crippen LogP contribution is -2.28. The van der Waals surface area contributed by atoms with E-state index in [4.69, 9.17) is 10.6 Å². The van der Waals surface area contributed by atoms with Crippen molar-refractivity contribution in [1.29, 1.82) is 5.41 Å². The Morgan fingerprint density at radius 1 is 1.50 bits per heavy atom. The third-order valence-corrected chi connectivity index (χ3v) is 3.07. The van der Waals surface area contributed by atoms with Crippen LogP contribution >= 0.6 is 0 Å². The molecule has 0 aliphatic carbocycles.